The SMILES string of the molecule is CCc1cc(C(=O)Nc2ccc(Cl)nc2)n(CC)n1. The number of rotatable bonds is 4. The highest BCUT2D eigenvalue weighted by atomic mass is 35.5. The molecule has 0 aliphatic carbocycles. The van der Waals surface area contributed by atoms with E-state index in [0.717, 1.165) is 12.1 Å². The molecule has 0 fully saturated rings. The lowest BCUT2D eigenvalue weighted by Crippen LogP contribution is -2.17. The summed E-state index contributed by atoms with van der Waals surface area (Å²) in [6.45, 7) is 4.61. The second-order valence-electron chi connectivity index (χ2n) is 4.01. The molecule has 0 unspecified atom stereocenters. The molecule has 0 atom stereocenters. The number of aromatic nitrogens is 3. The number of hydrogen-bond acceptors (Lipinski definition) is 3. The first-order chi connectivity index (χ1) is 9.13. The summed E-state index contributed by atoms with van der Waals surface area (Å²) >= 11 is 5.70. The van der Waals surface area contributed by atoms with Crippen LogP contribution in [0, 0.1) is 0 Å². The third kappa shape index (κ3) is 3.12. The Morgan fingerprint density at radius 1 is 1.42 bits per heavy atom. The normalized spacial score (nSPS) is 10.5. The van der Waals surface area contributed by atoms with Crippen LogP contribution < -0.4 is 5.32 Å². The van der Waals surface area contributed by atoms with Gasteiger partial charge in [-0.05, 0) is 31.5 Å². The highest BCUT2D eigenvalue weighted by Gasteiger charge is 2.14. The van der Waals surface area contributed by atoms with Crippen LogP contribution in [-0.2, 0) is 13.0 Å². The second kappa shape index (κ2) is 5.84. The van der Waals surface area contributed by atoms with Crippen molar-refractivity contribution in [3.63, 3.8) is 0 Å². The Kier molecular flexibility index (Phi) is 4.16. The lowest BCUT2D eigenvalue weighted by atomic mass is 10.3. The first-order valence-electron chi connectivity index (χ1n) is 6.13. The quantitative estimate of drug-likeness (QED) is 0.875. The minimum atomic E-state index is -0.196. The summed E-state index contributed by atoms with van der Waals surface area (Å²) in [6, 6.07) is 5.15. The van der Waals surface area contributed by atoms with E-state index < -0.39 is 0 Å². The van der Waals surface area contributed by atoms with Gasteiger partial charge in [-0.3, -0.25) is 9.48 Å². The third-order valence-electron chi connectivity index (χ3n) is 2.71. The Hall–Kier alpha value is -1.88. The van der Waals surface area contributed by atoms with Crippen LogP contribution in [0.1, 0.15) is 30.0 Å². The van der Waals surface area contributed by atoms with Gasteiger partial charge in [0.05, 0.1) is 17.6 Å². The zero-order valence-corrected chi connectivity index (χ0v) is 11.6. The Bertz CT molecular complexity index is 577. The first kappa shape index (κ1) is 13.5. The number of carbonyl (C=O) groups excluding carboxylic acids is 1. The maximum absolute atomic E-state index is 12.2. The highest BCUT2D eigenvalue weighted by Crippen LogP contribution is 2.12. The predicted molar refractivity (Wildman–Crippen MR) is 74.5 cm³/mol. The number of nitrogens with zero attached hydrogens (tertiary/aromatic N) is 3. The van der Waals surface area contributed by atoms with E-state index in [9.17, 15) is 4.79 Å². The second-order valence-corrected chi connectivity index (χ2v) is 4.40. The largest absolute Gasteiger partial charge is 0.319 e. The molecular weight excluding hydrogens is 264 g/mol. The molecule has 100 valence electrons. The standard InChI is InChI=1S/C13H15ClN4O/c1-3-9-7-11(18(4-2)17-9)13(19)16-10-5-6-12(14)15-8-10/h5-8H,3-4H2,1-2H3,(H,16,19). The number of hydrogen-bond donors (Lipinski definition) is 1. The van der Waals surface area contributed by atoms with Crippen LogP contribution in [0.3, 0.4) is 0 Å². The van der Waals surface area contributed by atoms with Crippen molar-refractivity contribution in [3.8, 4) is 0 Å². The van der Waals surface area contributed by atoms with Crippen molar-refractivity contribution in [2.45, 2.75) is 26.8 Å². The lowest BCUT2D eigenvalue weighted by molar-refractivity contribution is 0.101. The molecule has 2 aromatic rings. The predicted octanol–water partition coefficient (Wildman–Crippen LogP) is 2.77. The highest BCUT2D eigenvalue weighted by molar-refractivity contribution is 6.29. The van der Waals surface area contributed by atoms with Gasteiger partial charge in [-0.2, -0.15) is 5.10 Å². The zero-order chi connectivity index (χ0) is 13.8. The fourth-order valence-corrected chi connectivity index (χ4v) is 1.82. The van der Waals surface area contributed by atoms with Crippen LogP contribution in [0.15, 0.2) is 24.4 Å². The van der Waals surface area contributed by atoms with Crippen molar-refractivity contribution in [2.75, 3.05) is 5.32 Å². The summed E-state index contributed by atoms with van der Waals surface area (Å²) in [5.41, 5.74) is 2.06. The molecule has 5 nitrogen and oxygen atoms in total. The topological polar surface area (TPSA) is 59.8 Å². The van der Waals surface area contributed by atoms with E-state index in [1.807, 2.05) is 19.9 Å². The van der Waals surface area contributed by atoms with Crippen molar-refractivity contribution < 1.29 is 4.79 Å². The summed E-state index contributed by atoms with van der Waals surface area (Å²) < 4.78 is 1.69. The minimum absolute atomic E-state index is 0.196. The van der Waals surface area contributed by atoms with Crippen LogP contribution in [0.2, 0.25) is 5.15 Å². The smallest absolute Gasteiger partial charge is 0.273 e. The fourth-order valence-electron chi connectivity index (χ4n) is 1.71. The molecule has 0 radical (unpaired) electrons. The molecule has 2 aromatic heterocycles. The molecule has 0 bridgehead atoms. The van der Waals surface area contributed by atoms with Crippen LogP contribution in [-0.4, -0.2) is 20.7 Å². The number of halogens is 1. The van der Waals surface area contributed by atoms with E-state index in [1.165, 1.54) is 6.20 Å². The van der Waals surface area contributed by atoms with Gasteiger partial charge in [0.25, 0.3) is 5.91 Å². The molecule has 2 rings (SSSR count). The van der Waals surface area contributed by atoms with Gasteiger partial charge in [-0.25, -0.2) is 4.98 Å². The Balaban J connectivity index is 2.19. The Labute approximate surface area is 116 Å². The van der Waals surface area contributed by atoms with E-state index >= 15 is 0 Å². The average Bonchev–Trinajstić information content (AvgIpc) is 2.85. The van der Waals surface area contributed by atoms with Crippen LogP contribution >= 0.6 is 11.6 Å². The number of amides is 1. The molecule has 0 aliphatic heterocycles. The monoisotopic (exact) mass is 278 g/mol. The van der Waals surface area contributed by atoms with E-state index in [0.29, 0.717) is 23.1 Å². The van der Waals surface area contributed by atoms with Crippen molar-refractivity contribution in [1.82, 2.24) is 14.8 Å². The maximum atomic E-state index is 12.2. The van der Waals surface area contributed by atoms with Gasteiger partial charge in [-0.1, -0.05) is 18.5 Å². The van der Waals surface area contributed by atoms with E-state index in [-0.39, 0.29) is 5.91 Å². The summed E-state index contributed by atoms with van der Waals surface area (Å²) in [5.74, 6) is -0.196. The third-order valence-corrected chi connectivity index (χ3v) is 2.93. The van der Waals surface area contributed by atoms with Gasteiger partial charge in [0, 0.05) is 6.54 Å². The maximum Gasteiger partial charge on any atom is 0.273 e. The fraction of sp³-hybridized carbons (Fsp3) is 0.308. The van der Waals surface area contributed by atoms with Crippen LogP contribution in [0.5, 0.6) is 0 Å². The molecule has 0 aliphatic rings. The molecule has 0 aromatic carbocycles. The Morgan fingerprint density at radius 3 is 2.79 bits per heavy atom. The number of pyridine rings is 1. The number of anilines is 1. The van der Waals surface area contributed by atoms with Gasteiger partial charge in [0.2, 0.25) is 0 Å². The average molecular weight is 279 g/mol. The molecule has 1 amide bonds. The molecule has 6 heteroatoms. The lowest BCUT2D eigenvalue weighted by Gasteiger charge is -2.06. The van der Waals surface area contributed by atoms with E-state index in [1.54, 1.807) is 16.8 Å². The number of aryl methyl sites for hydroxylation is 2. The van der Waals surface area contributed by atoms with Crippen molar-refractivity contribution in [3.05, 3.63) is 40.9 Å². The summed E-state index contributed by atoms with van der Waals surface area (Å²) in [5, 5.41) is 7.51. The van der Waals surface area contributed by atoms with Crippen LogP contribution in [0.4, 0.5) is 5.69 Å². The van der Waals surface area contributed by atoms with E-state index in [4.69, 9.17) is 11.6 Å². The molecule has 19 heavy (non-hydrogen) atoms. The van der Waals surface area contributed by atoms with Gasteiger partial charge in [0.1, 0.15) is 10.8 Å². The van der Waals surface area contributed by atoms with Gasteiger partial charge in [-0.15, -0.1) is 0 Å². The number of nitrogens with one attached hydrogen (secondary N) is 1. The molecule has 1 N–H and O–H groups in total. The summed E-state index contributed by atoms with van der Waals surface area (Å²) in [7, 11) is 0. The number of carbonyl (C=O) groups is 1. The van der Waals surface area contributed by atoms with Crippen molar-refractivity contribution in [1.29, 1.82) is 0 Å². The minimum Gasteiger partial charge on any atom is -0.319 e. The summed E-state index contributed by atoms with van der Waals surface area (Å²) in [4.78, 5) is 16.1. The van der Waals surface area contributed by atoms with Gasteiger partial charge >= 0.3 is 0 Å². The molecular formula is C13H15ClN4O. The van der Waals surface area contributed by atoms with Crippen LogP contribution in [0.25, 0.3) is 0 Å². The molecule has 0 saturated heterocycles. The Morgan fingerprint density at radius 2 is 2.21 bits per heavy atom. The van der Waals surface area contributed by atoms with E-state index in [2.05, 4.69) is 15.4 Å². The molecule has 0 saturated carbocycles. The first-order valence-corrected chi connectivity index (χ1v) is 6.51. The van der Waals surface area contributed by atoms with Crippen molar-refractivity contribution >= 4 is 23.2 Å². The molecule has 0 spiro atoms. The zero-order valence-electron chi connectivity index (χ0n) is 10.9. The van der Waals surface area contributed by atoms with Gasteiger partial charge < -0.3 is 5.32 Å². The van der Waals surface area contributed by atoms with Crippen molar-refractivity contribution in [2.24, 2.45) is 0 Å². The molecule has 2 heterocycles. The summed E-state index contributed by atoms with van der Waals surface area (Å²) in [6.07, 6.45) is 2.32. The van der Waals surface area contributed by atoms with Gasteiger partial charge in [0.15, 0.2) is 0 Å².